The fourth-order valence-corrected chi connectivity index (χ4v) is 2.04. The molecule has 18 heavy (non-hydrogen) atoms. The molecule has 0 aliphatic carbocycles. The summed E-state index contributed by atoms with van der Waals surface area (Å²) in [5.74, 6) is 0.963. The predicted molar refractivity (Wildman–Crippen MR) is 71.5 cm³/mol. The van der Waals surface area contributed by atoms with Gasteiger partial charge in [0, 0.05) is 12.3 Å². The highest BCUT2D eigenvalue weighted by molar-refractivity contribution is 5.36. The Morgan fingerprint density at radius 3 is 2.17 bits per heavy atom. The van der Waals surface area contributed by atoms with Crippen LogP contribution in [0.5, 0.6) is 5.75 Å². The van der Waals surface area contributed by atoms with Crippen molar-refractivity contribution >= 4 is 0 Å². The number of methoxy groups -OCH3 is 1. The monoisotopic (exact) mass is 237 g/mol. The first-order valence-corrected chi connectivity index (χ1v) is 5.91. The Hall–Kier alpha value is -2.27. The number of nitriles is 1. The lowest BCUT2D eigenvalue weighted by molar-refractivity contribution is 0.414. The zero-order chi connectivity index (χ0) is 12.8. The van der Waals surface area contributed by atoms with E-state index in [2.05, 4.69) is 18.2 Å². The topological polar surface area (TPSA) is 33.0 Å². The SMILES string of the molecule is COc1ccc([C@H](CC#N)c2ccccc2)cc1. The van der Waals surface area contributed by atoms with Crippen molar-refractivity contribution in [3.63, 3.8) is 0 Å². The van der Waals surface area contributed by atoms with Crippen molar-refractivity contribution in [2.75, 3.05) is 7.11 Å². The number of nitrogens with zero attached hydrogens (tertiary/aromatic N) is 1. The van der Waals surface area contributed by atoms with Gasteiger partial charge in [-0.25, -0.2) is 0 Å². The summed E-state index contributed by atoms with van der Waals surface area (Å²) in [5, 5.41) is 8.99. The molecule has 2 aromatic carbocycles. The minimum atomic E-state index is 0.127. The molecule has 2 nitrogen and oxygen atoms in total. The van der Waals surface area contributed by atoms with Crippen LogP contribution in [0.2, 0.25) is 0 Å². The maximum Gasteiger partial charge on any atom is 0.118 e. The van der Waals surface area contributed by atoms with E-state index in [0.29, 0.717) is 6.42 Å². The molecule has 0 N–H and O–H groups in total. The number of benzene rings is 2. The molecule has 0 aromatic heterocycles. The molecule has 2 aromatic rings. The van der Waals surface area contributed by atoms with Crippen LogP contribution in [0.3, 0.4) is 0 Å². The number of rotatable bonds is 4. The molecule has 0 radical (unpaired) electrons. The molecule has 0 aliphatic rings. The second-order valence-corrected chi connectivity index (χ2v) is 4.10. The fourth-order valence-electron chi connectivity index (χ4n) is 2.04. The van der Waals surface area contributed by atoms with Crippen molar-refractivity contribution in [3.05, 3.63) is 65.7 Å². The first kappa shape index (κ1) is 12.2. The Labute approximate surface area is 107 Å². The molecule has 0 fully saturated rings. The van der Waals surface area contributed by atoms with Gasteiger partial charge in [0.1, 0.15) is 5.75 Å². The number of hydrogen-bond donors (Lipinski definition) is 0. The molecule has 2 rings (SSSR count). The van der Waals surface area contributed by atoms with Gasteiger partial charge in [-0.3, -0.25) is 0 Å². The van der Waals surface area contributed by atoms with E-state index in [9.17, 15) is 0 Å². The van der Waals surface area contributed by atoms with Crippen LogP contribution in [0.15, 0.2) is 54.6 Å². The summed E-state index contributed by atoms with van der Waals surface area (Å²) in [6.07, 6.45) is 0.482. The van der Waals surface area contributed by atoms with E-state index in [4.69, 9.17) is 10.00 Å². The van der Waals surface area contributed by atoms with Gasteiger partial charge in [-0.05, 0) is 23.3 Å². The van der Waals surface area contributed by atoms with Gasteiger partial charge in [0.25, 0.3) is 0 Å². The maximum atomic E-state index is 8.99. The van der Waals surface area contributed by atoms with Gasteiger partial charge in [0.05, 0.1) is 13.2 Å². The van der Waals surface area contributed by atoms with E-state index in [-0.39, 0.29) is 5.92 Å². The second-order valence-electron chi connectivity index (χ2n) is 4.10. The summed E-state index contributed by atoms with van der Waals surface area (Å²) in [6.45, 7) is 0. The molecule has 0 amide bonds. The number of hydrogen-bond acceptors (Lipinski definition) is 2. The van der Waals surface area contributed by atoms with Crippen LogP contribution in [-0.4, -0.2) is 7.11 Å². The Balaban J connectivity index is 2.33. The Kier molecular flexibility index (Phi) is 3.98. The van der Waals surface area contributed by atoms with Gasteiger partial charge >= 0.3 is 0 Å². The third-order valence-corrected chi connectivity index (χ3v) is 3.02. The Bertz CT molecular complexity index is 525. The third kappa shape index (κ3) is 2.70. The first-order valence-electron chi connectivity index (χ1n) is 5.91. The average molecular weight is 237 g/mol. The van der Waals surface area contributed by atoms with E-state index in [1.807, 2.05) is 42.5 Å². The highest BCUT2D eigenvalue weighted by Gasteiger charge is 2.13. The Morgan fingerprint density at radius 1 is 1.00 bits per heavy atom. The molecule has 0 bridgehead atoms. The molecule has 0 spiro atoms. The maximum absolute atomic E-state index is 8.99. The number of ether oxygens (including phenoxy) is 1. The van der Waals surface area contributed by atoms with E-state index >= 15 is 0 Å². The van der Waals surface area contributed by atoms with Crippen LogP contribution < -0.4 is 4.74 Å². The molecule has 90 valence electrons. The second kappa shape index (κ2) is 5.88. The third-order valence-electron chi connectivity index (χ3n) is 3.02. The van der Waals surface area contributed by atoms with Crippen molar-refractivity contribution in [1.29, 1.82) is 5.26 Å². The largest absolute Gasteiger partial charge is 0.497 e. The summed E-state index contributed by atoms with van der Waals surface area (Å²) in [5.41, 5.74) is 2.31. The molecular formula is C16H15NO. The lowest BCUT2D eigenvalue weighted by Crippen LogP contribution is -2.00. The van der Waals surface area contributed by atoms with Gasteiger partial charge in [-0.15, -0.1) is 0 Å². The van der Waals surface area contributed by atoms with Gasteiger partial charge < -0.3 is 4.74 Å². The minimum Gasteiger partial charge on any atom is -0.497 e. The van der Waals surface area contributed by atoms with Crippen LogP contribution in [0.1, 0.15) is 23.5 Å². The highest BCUT2D eigenvalue weighted by Crippen LogP contribution is 2.28. The molecule has 0 unspecified atom stereocenters. The van der Waals surface area contributed by atoms with Crippen molar-refractivity contribution in [2.45, 2.75) is 12.3 Å². The first-order chi connectivity index (χ1) is 8.85. The van der Waals surface area contributed by atoms with Gasteiger partial charge in [-0.2, -0.15) is 5.26 Å². The van der Waals surface area contributed by atoms with Crippen molar-refractivity contribution < 1.29 is 4.74 Å². The zero-order valence-corrected chi connectivity index (χ0v) is 10.3. The molecule has 0 aliphatic heterocycles. The molecule has 2 heteroatoms. The smallest absolute Gasteiger partial charge is 0.118 e. The van der Waals surface area contributed by atoms with Gasteiger partial charge in [0.15, 0.2) is 0 Å². The van der Waals surface area contributed by atoms with Crippen LogP contribution in [0.4, 0.5) is 0 Å². The van der Waals surface area contributed by atoms with Crippen molar-refractivity contribution in [1.82, 2.24) is 0 Å². The summed E-state index contributed by atoms with van der Waals surface area (Å²) in [4.78, 5) is 0. The molecule has 1 atom stereocenters. The summed E-state index contributed by atoms with van der Waals surface area (Å²) in [7, 11) is 1.65. The van der Waals surface area contributed by atoms with E-state index < -0.39 is 0 Å². The van der Waals surface area contributed by atoms with E-state index in [0.717, 1.165) is 11.3 Å². The summed E-state index contributed by atoms with van der Waals surface area (Å²) >= 11 is 0. The lowest BCUT2D eigenvalue weighted by Gasteiger charge is -2.15. The van der Waals surface area contributed by atoms with Crippen LogP contribution in [-0.2, 0) is 0 Å². The van der Waals surface area contributed by atoms with E-state index in [1.165, 1.54) is 5.56 Å². The van der Waals surface area contributed by atoms with Gasteiger partial charge in [0.2, 0.25) is 0 Å². The summed E-state index contributed by atoms with van der Waals surface area (Å²) in [6, 6.07) is 20.3. The predicted octanol–water partition coefficient (Wildman–Crippen LogP) is 3.74. The van der Waals surface area contributed by atoms with Crippen LogP contribution in [0.25, 0.3) is 0 Å². The quantitative estimate of drug-likeness (QED) is 0.811. The lowest BCUT2D eigenvalue weighted by atomic mass is 9.89. The highest BCUT2D eigenvalue weighted by atomic mass is 16.5. The van der Waals surface area contributed by atoms with Crippen LogP contribution >= 0.6 is 0 Å². The fraction of sp³-hybridized carbons (Fsp3) is 0.188. The minimum absolute atomic E-state index is 0.127. The molecule has 0 saturated heterocycles. The molecule has 0 saturated carbocycles. The normalized spacial score (nSPS) is 11.6. The van der Waals surface area contributed by atoms with Crippen molar-refractivity contribution in [3.8, 4) is 11.8 Å². The standard InChI is InChI=1S/C16H15NO/c1-18-15-9-7-14(8-10-15)16(11-12-17)13-5-3-2-4-6-13/h2-10,16H,11H2,1H3/t16-/m1/s1. The molecular weight excluding hydrogens is 222 g/mol. The van der Waals surface area contributed by atoms with Crippen molar-refractivity contribution in [2.24, 2.45) is 0 Å². The van der Waals surface area contributed by atoms with E-state index in [1.54, 1.807) is 7.11 Å². The summed E-state index contributed by atoms with van der Waals surface area (Å²) < 4.78 is 5.15. The molecule has 0 heterocycles. The Morgan fingerprint density at radius 2 is 1.61 bits per heavy atom. The zero-order valence-electron chi connectivity index (χ0n) is 10.3. The van der Waals surface area contributed by atoms with Gasteiger partial charge in [-0.1, -0.05) is 42.5 Å². The van der Waals surface area contributed by atoms with Crippen LogP contribution in [0, 0.1) is 11.3 Å². The average Bonchev–Trinajstić information content (AvgIpc) is 2.46.